The maximum Gasteiger partial charge on any atom is 0.407 e. The van der Waals surface area contributed by atoms with E-state index in [1.807, 2.05) is 0 Å². The molecule has 0 aliphatic heterocycles. The van der Waals surface area contributed by atoms with E-state index in [1.165, 1.54) is 37.5 Å². The van der Waals surface area contributed by atoms with Crippen molar-refractivity contribution >= 4 is 41.9 Å². The summed E-state index contributed by atoms with van der Waals surface area (Å²) in [6.07, 6.45) is 1.13. The van der Waals surface area contributed by atoms with Crippen molar-refractivity contribution in [1.29, 1.82) is 0 Å². The lowest BCUT2D eigenvalue weighted by atomic mass is 10.3. The van der Waals surface area contributed by atoms with Crippen LogP contribution in [0.25, 0.3) is 0 Å². The maximum atomic E-state index is 12.8. The average molecular weight is 451 g/mol. The number of hydrogen-bond acceptors (Lipinski definition) is 5. The zero-order valence-electron chi connectivity index (χ0n) is 13.2. The van der Waals surface area contributed by atoms with Crippen LogP contribution in [0.2, 0.25) is 0 Å². The van der Waals surface area contributed by atoms with Crippen LogP contribution in [0.3, 0.4) is 0 Å². The van der Waals surface area contributed by atoms with Crippen molar-refractivity contribution < 1.29 is 26.7 Å². The normalized spacial score (nSPS) is 12.1. The van der Waals surface area contributed by atoms with Crippen molar-refractivity contribution in [2.24, 2.45) is 0 Å². The number of amides is 1. The Bertz CT molecular complexity index is 1030. The van der Waals surface area contributed by atoms with Gasteiger partial charge in [0, 0.05) is 19.5 Å². The second-order valence-corrected chi connectivity index (χ2v) is 10.0. The summed E-state index contributed by atoms with van der Waals surface area (Å²) in [4.78, 5) is 11.6. The highest BCUT2D eigenvalue weighted by molar-refractivity contribution is 9.10. The molecule has 0 radical (unpaired) electrons. The van der Waals surface area contributed by atoms with Crippen molar-refractivity contribution in [3.05, 3.63) is 46.7 Å². The molecule has 1 aromatic carbocycles. The van der Waals surface area contributed by atoms with E-state index < -0.39 is 26.0 Å². The first kappa shape index (κ1) is 19.5. The standard InChI is InChI=1S/C14H15BrN2O6S2/c1-16(14(18)19)8-10-6-13(15)17(9-10)25(22,23)12-5-3-4-11(7-12)24(2,20)21/h3-7,9H,8H2,1-2H3,(H,18,19). The molecule has 1 N–H and O–H groups in total. The van der Waals surface area contributed by atoms with Crippen LogP contribution in [-0.4, -0.2) is 50.2 Å². The van der Waals surface area contributed by atoms with Crippen LogP contribution in [0, 0.1) is 0 Å². The molecule has 11 heteroatoms. The first-order chi connectivity index (χ1) is 11.4. The van der Waals surface area contributed by atoms with Crippen LogP contribution in [0.15, 0.2) is 50.9 Å². The van der Waals surface area contributed by atoms with E-state index in [2.05, 4.69) is 15.9 Å². The molecular formula is C14H15BrN2O6S2. The highest BCUT2D eigenvalue weighted by Crippen LogP contribution is 2.24. The van der Waals surface area contributed by atoms with E-state index in [9.17, 15) is 21.6 Å². The number of halogens is 1. The third kappa shape index (κ3) is 4.22. The van der Waals surface area contributed by atoms with Gasteiger partial charge in [-0.15, -0.1) is 0 Å². The van der Waals surface area contributed by atoms with Gasteiger partial charge in [0.05, 0.1) is 16.3 Å². The van der Waals surface area contributed by atoms with Crippen molar-refractivity contribution in [3.8, 4) is 0 Å². The Hall–Kier alpha value is -1.85. The smallest absolute Gasteiger partial charge is 0.407 e. The maximum absolute atomic E-state index is 12.8. The van der Waals surface area contributed by atoms with Crippen LogP contribution in [0.5, 0.6) is 0 Å². The molecule has 0 unspecified atom stereocenters. The fraction of sp³-hybridized carbons (Fsp3) is 0.214. The molecule has 0 spiro atoms. The van der Waals surface area contributed by atoms with E-state index in [1.54, 1.807) is 0 Å². The summed E-state index contributed by atoms with van der Waals surface area (Å²) in [5.41, 5.74) is 0.458. The summed E-state index contributed by atoms with van der Waals surface area (Å²) in [7, 11) is -6.24. The minimum absolute atomic E-state index is 0.000166. The first-order valence-electron chi connectivity index (χ1n) is 6.79. The fourth-order valence-corrected chi connectivity index (χ4v) is 5.08. The zero-order chi connectivity index (χ0) is 19.0. The van der Waals surface area contributed by atoms with Gasteiger partial charge in [-0.05, 0) is 45.8 Å². The highest BCUT2D eigenvalue weighted by Gasteiger charge is 2.22. The van der Waals surface area contributed by atoms with Gasteiger partial charge in [-0.1, -0.05) is 6.07 Å². The lowest BCUT2D eigenvalue weighted by Gasteiger charge is -2.11. The topological polar surface area (TPSA) is 114 Å². The Labute approximate surface area is 153 Å². The summed E-state index contributed by atoms with van der Waals surface area (Å²) < 4.78 is 49.9. The van der Waals surface area contributed by atoms with Gasteiger partial charge in [-0.2, -0.15) is 0 Å². The predicted molar refractivity (Wildman–Crippen MR) is 93.8 cm³/mol. The number of carboxylic acid groups (broad SMARTS) is 1. The lowest BCUT2D eigenvalue weighted by molar-refractivity contribution is 0.154. The Morgan fingerprint density at radius 3 is 2.36 bits per heavy atom. The van der Waals surface area contributed by atoms with Gasteiger partial charge in [-0.25, -0.2) is 25.6 Å². The molecule has 0 aliphatic rings. The molecule has 0 bridgehead atoms. The Balaban J connectivity index is 2.47. The molecule has 2 aromatic rings. The number of carbonyl (C=O) groups is 1. The van der Waals surface area contributed by atoms with Crippen molar-refractivity contribution in [2.75, 3.05) is 13.3 Å². The molecule has 1 aromatic heterocycles. The average Bonchev–Trinajstić information content (AvgIpc) is 2.87. The summed E-state index contributed by atoms with van der Waals surface area (Å²) >= 11 is 3.13. The second-order valence-electron chi connectivity index (χ2n) is 5.36. The van der Waals surface area contributed by atoms with E-state index in [0.29, 0.717) is 5.56 Å². The zero-order valence-corrected chi connectivity index (χ0v) is 16.5. The number of hydrogen-bond donors (Lipinski definition) is 1. The third-order valence-corrected chi connectivity index (χ3v) is 6.96. The first-order valence-corrected chi connectivity index (χ1v) is 10.9. The van der Waals surface area contributed by atoms with Crippen LogP contribution in [-0.2, 0) is 26.4 Å². The molecular weight excluding hydrogens is 436 g/mol. The highest BCUT2D eigenvalue weighted by atomic mass is 79.9. The Morgan fingerprint density at radius 1 is 1.20 bits per heavy atom. The van der Waals surface area contributed by atoms with Crippen LogP contribution in [0.4, 0.5) is 4.79 Å². The van der Waals surface area contributed by atoms with Crippen LogP contribution in [0.1, 0.15) is 5.56 Å². The van der Waals surface area contributed by atoms with E-state index in [4.69, 9.17) is 5.11 Å². The Morgan fingerprint density at radius 2 is 1.80 bits per heavy atom. The minimum Gasteiger partial charge on any atom is -0.465 e. The van der Waals surface area contributed by atoms with Crippen molar-refractivity contribution in [3.63, 3.8) is 0 Å². The molecule has 1 heterocycles. The largest absolute Gasteiger partial charge is 0.465 e. The van der Waals surface area contributed by atoms with Crippen LogP contribution >= 0.6 is 15.9 Å². The van der Waals surface area contributed by atoms with Gasteiger partial charge < -0.3 is 10.0 Å². The van der Waals surface area contributed by atoms with E-state index >= 15 is 0 Å². The van der Waals surface area contributed by atoms with Gasteiger partial charge in [0.1, 0.15) is 4.60 Å². The second kappa shape index (κ2) is 6.81. The molecule has 0 aliphatic carbocycles. The fourth-order valence-electron chi connectivity index (χ4n) is 2.06. The molecule has 8 nitrogen and oxygen atoms in total. The predicted octanol–water partition coefficient (Wildman–Crippen LogP) is 2.00. The van der Waals surface area contributed by atoms with Gasteiger partial charge in [-0.3, -0.25) is 0 Å². The van der Waals surface area contributed by atoms with Gasteiger partial charge >= 0.3 is 6.09 Å². The van der Waals surface area contributed by atoms with Gasteiger partial charge in [0.2, 0.25) is 0 Å². The van der Waals surface area contributed by atoms with Crippen molar-refractivity contribution in [1.82, 2.24) is 8.87 Å². The Kier molecular flexibility index (Phi) is 5.30. The quantitative estimate of drug-likeness (QED) is 0.744. The summed E-state index contributed by atoms with van der Waals surface area (Å²) in [6, 6.07) is 6.52. The third-order valence-electron chi connectivity index (χ3n) is 3.33. The number of sulfone groups is 1. The number of benzene rings is 1. The molecule has 2 rings (SSSR count). The molecule has 0 atom stereocenters. The summed E-state index contributed by atoms with van der Waals surface area (Å²) in [6.45, 7) is -0.000166. The summed E-state index contributed by atoms with van der Waals surface area (Å²) in [5, 5.41) is 8.90. The van der Waals surface area contributed by atoms with E-state index in [0.717, 1.165) is 21.2 Å². The van der Waals surface area contributed by atoms with E-state index in [-0.39, 0.29) is 20.9 Å². The number of nitrogens with zero attached hydrogens (tertiary/aromatic N) is 2. The lowest BCUT2D eigenvalue weighted by Crippen LogP contribution is -2.23. The van der Waals surface area contributed by atoms with Crippen LogP contribution < -0.4 is 0 Å². The van der Waals surface area contributed by atoms with Gasteiger partial charge in [0.25, 0.3) is 10.0 Å². The molecule has 25 heavy (non-hydrogen) atoms. The molecule has 0 fully saturated rings. The monoisotopic (exact) mass is 450 g/mol. The van der Waals surface area contributed by atoms with Crippen molar-refractivity contribution in [2.45, 2.75) is 16.3 Å². The molecule has 1 amide bonds. The molecule has 0 saturated carbocycles. The number of aromatic nitrogens is 1. The van der Waals surface area contributed by atoms with Gasteiger partial charge in [0.15, 0.2) is 9.84 Å². The summed E-state index contributed by atoms with van der Waals surface area (Å²) in [5.74, 6) is 0. The number of rotatable bonds is 5. The SMILES string of the molecule is CN(Cc1cc(Br)n(S(=O)(=O)c2cccc(S(C)(=O)=O)c2)c1)C(=O)O. The minimum atomic E-state index is -4.05. The molecule has 136 valence electrons. The molecule has 0 saturated heterocycles.